The van der Waals surface area contributed by atoms with E-state index < -0.39 is 5.82 Å². The van der Waals surface area contributed by atoms with Crippen molar-refractivity contribution in [1.82, 2.24) is 5.16 Å². The number of aldehydes is 1. The maximum Gasteiger partial charge on any atom is 0.234 e. The van der Waals surface area contributed by atoms with Gasteiger partial charge in [0.2, 0.25) is 5.22 Å². The van der Waals surface area contributed by atoms with E-state index in [2.05, 4.69) is 9.68 Å². The van der Waals surface area contributed by atoms with Gasteiger partial charge in [-0.15, -0.1) is 0 Å². The molecule has 0 atom stereocenters. The first-order valence-corrected chi connectivity index (χ1v) is 4.47. The van der Waals surface area contributed by atoms with Gasteiger partial charge in [0.1, 0.15) is 5.82 Å². The number of hydrogen-bond acceptors (Lipinski definition) is 3. The number of halogens is 2. The van der Waals surface area contributed by atoms with Crippen LogP contribution in [0.15, 0.2) is 28.8 Å². The van der Waals surface area contributed by atoms with Gasteiger partial charge in [-0.25, -0.2) is 4.39 Å². The monoisotopic (exact) mass is 225 g/mol. The summed E-state index contributed by atoms with van der Waals surface area (Å²) in [6, 6.07) is 5.95. The highest BCUT2D eigenvalue weighted by atomic mass is 35.5. The van der Waals surface area contributed by atoms with Crippen LogP contribution in [0.25, 0.3) is 11.1 Å². The van der Waals surface area contributed by atoms with Gasteiger partial charge in [-0.3, -0.25) is 4.79 Å². The summed E-state index contributed by atoms with van der Waals surface area (Å²) in [5.41, 5.74) is 0.376. The average Bonchev–Trinajstić information content (AvgIpc) is 2.60. The van der Waals surface area contributed by atoms with Gasteiger partial charge in [0.25, 0.3) is 0 Å². The zero-order valence-corrected chi connectivity index (χ0v) is 8.16. The minimum Gasteiger partial charge on any atom is -0.343 e. The third-order valence-electron chi connectivity index (χ3n) is 1.93. The molecule has 0 bridgehead atoms. The summed E-state index contributed by atoms with van der Waals surface area (Å²) in [5.74, 6) is -0.481. The standard InChI is InChI=1S/C10H5ClFNO2/c11-10-9(8(5-14)13-15-10)6-3-1-2-4-7(6)12/h1-5H. The minimum absolute atomic E-state index is 0.00917. The molecule has 1 heterocycles. The Balaban J connectivity index is 2.68. The van der Waals surface area contributed by atoms with Crippen LogP contribution in [0.2, 0.25) is 5.22 Å². The molecular formula is C10H5ClFNO2. The number of rotatable bonds is 2. The second kappa shape index (κ2) is 3.82. The van der Waals surface area contributed by atoms with Gasteiger partial charge in [-0.1, -0.05) is 23.4 Å². The van der Waals surface area contributed by atoms with Crippen LogP contribution in [0.1, 0.15) is 10.5 Å². The van der Waals surface area contributed by atoms with Crippen LogP contribution in [0.3, 0.4) is 0 Å². The lowest BCUT2D eigenvalue weighted by Gasteiger charge is -1.99. The molecule has 0 aliphatic rings. The molecule has 3 nitrogen and oxygen atoms in total. The van der Waals surface area contributed by atoms with Crippen molar-refractivity contribution in [3.63, 3.8) is 0 Å². The predicted molar refractivity (Wildman–Crippen MR) is 52.3 cm³/mol. The summed E-state index contributed by atoms with van der Waals surface area (Å²) in [7, 11) is 0. The second-order valence-corrected chi connectivity index (χ2v) is 3.16. The normalized spacial score (nSPS) is 10.3. The van der Waals surface area contributed by atoms with Crippen molar-refractivity contribution in [3.8, 4) is 11.1 Å². The number of carbonyl (C=O) groups excluding carboxylic acids is 1. The first-order chi connectivity index (χ1) is 7.24. The lowest BCUT2D eigenvalue weighted by molar-refractivity contribution is 0.111. The second-order valence-electron chi connectivity index (χ2n) is 2.81. The Morgan fingerprint density at radius 2 is 2.13 bits per heavy atom. The molecule has 15 heavy (non-hydrogen) atoms. The van der Waals surface area contributed by atoms with E-state index in [4.69, 9.17) is 11.6 Å². The number of aromatic nitrogens is 1. The lowest BCUT2D eigenvalue weighted by atomic mass is 10.1. The van der Waals surface area contributed by atoms with Gasteiger partial charge in [-0.05, 0) is 17.7 Å². The Morgan fingerprint density at radius 1 is 1.40 bits per heavy atom. The Bertz CT molecular complexity index is 510. The van der Waals surface area contributed by atoms with E-state index in [1.165, 1.54) is 12.1 Å². The maximum absolute atomic E-state index is 13.4. The Morgan fingerprint density at radius 3 is 2.80 bits per heavy atom. The molecule has 0 saturated heterocycles. The van der Waals surface area contributed by atoms with Crippen molar-refractivity contribution in [1.29, 1.82) is 0 Å². The molecule has 5 heteroatoms. The van der Waals surface area contributed by atoms with Crippen molar-refractivity contribution in [3.05, 3.63) is 41.0 Å². The molecule has 0 unspecified atom stereocenters. The smallest absolute Gasteiger partial charge is 0.234 e. The van der Waals surface area contributed by atoms with Crippen molar-refractivity contribution in [2.24, 2.45) is 0 Å². The SMILES string of the molecule is O=Cc1noc(Cl)c1-c1ccccc1F. The fourth-order valence-electron chi connectivity index (χ4n) is 1.27. The summed E-state index contributed by atoms with van der Waals surface area (Å²) in [6.45, 7) is 0. The van der Waals surface area contributed by atoms with E-state index in [9.17, 15) is 9.18 Å². The molecule has 0 aliphatic heterocycles. The highest BCUT2D eigenvalue weighted by Gasteiger charge is 2.18. The molecule has 0 aliphatic carbocycles. The Hall–Kier alpha value is -1.68. The average molecular weight is 226 g/mol. The summed E-state index contributed by atoms with van der Waals surface area (Å²) >= 11 is 5.68. The van der Waals surface area contributed by atoms with Crippen LogP contribution in [0, 0.1) is 5.82 Å². The molecule has 0 fully saturated rings. The molecule has 0 spiro atoms. The van der Waals surface area contributed by atoms with Gasteiger partial charge >= 0.3 is 0 Å². The van der Waals surface area contributed by atoms with Crippen molar-refractivity contribution >= 4 is 17.9 Å². The van der Waals surface area contributed by atoms with E-state index in [0.717, 1.165) is 0 Å². The van der Waals surface area contributed by atoms with E-state index in [0.29, 0.717) is 6.29 Å². The van der Waals surface area contributed by atoms with Crippen molar-refractivity contribution in [2.45, 2.75) is 0 Å². The quantitative estimate of drug-likeness (QED) is 0.738. The fourth-order valence-corrected chi connectivity index (χ4v) is 1.50. The Labute approximate surface area is 89.4 Å². The zero-order valence-electron chi connectivity index (χ0n) is 7.41. The number of benzene rings is 1. The van der Waals surface area contributed by atoms with Crippen LogP contribution >= 0.6 is 11.6 Å². The maximum atomic E-state index is 13.4. The largest absolute Gasteiger partial charge is 0.343 e. The van der Waals surface area contributed by atoms with E-state index >= 15 is 0 Å². The van der Waals surface area contributed by atoms with E-state index in [1.54, 1.807) is 12.1 Å². The van der Waals surface area contributed by atoms with Crippen LogP contribution in [0.4, 0.5) is 4.39 Å². The number of hydrogen-bond donors (Lipinski definition) is 0. The van der Waals surface area contributed by atoms with E-state index in [1.807, 2.05) is 0 Å². The third-order valence-corrected chi connectivity index (χ3v) is 2.19. The highest BCUT2D eigenvalue weighted by Crippen LogP contribution is 2.32. The van der Waals surface area contributed by atoms with Gasteiger partial charge in [0, 0.05) is 5.56 Å². The van der Waals surface area contributed by atoms with Crippen LogP contribution < -0.4 is 0 Å². The first-order valence-electron chi connectivity index (χ1n) is 4.09. The molecule has 1 aromatic heterocycles. The minimum atomic E-state index is -0.481. The number of carbonyl (C=O) groups is 1. The zero-order chi connectivity index (χ0) is 10.8. The summed E-state index contributed by atoms with van der Waals surface area (Å²) in [6.07, 6.45) is 0.469. The van der Waals surface area contributed by atoms with Crippen molar-refractivity contribution < 1.29 is 13.7 Å². The summed E-state index contributed by atoms with van der Waals surface area (Å²) in [5, 5.41) is 3.31. The van der Waals surface area contributed by atoms with Gasteiger partial charge in [-0.2, -0.15) is 0 Å². The molecule has 0 amide bonds. The molecule has 0 saturated carbocycles. The van der Waals surface area contributed by atoms with Gasteiger partial charge < -0.3 is 4.52 Å². The first kappa shape index (κ1) is 9.86. The lowest BCUT2D eigenvalue weighted by Crippen LogP contribution is -1.88. The summed E-state index contributed by atoms with van der Waals surface area (Å²) < 4.78 is 18.0. The van der Waals surface area contributed by atoms with Gasteiger partial charge in [0.05, 0.1) is 5.56 Å². The molecule has 2 rings (SSSR count). The van der Waals surface area contributed by atoms with E-state index in [-0.39, 0.29) is 22.0 Å². The van der Waals surface area contributed by atoms with Crippen LogP contribution in [-0.2, 0) is 0 Å². The molecule has 2 aromatic rings. The van der Waals surface area contributed by atoms with Crippen LogP contribution in [0.5, 0.6) is 0 Å². The highest BCUT2D eigenvalue weighted by molar-refractivity contribution is 6.32. The molecule has 1 aromatic carbocycles. The third kappa shape index (κ3) is 1.64. The molecule has 0 radical (unpaired) electrons. The fraction of sp³-hybridized carbons (Fsp3) is 0. The van der Waals surface area contributed by atoms with Gasteiger partial charge in [0.15, 0.2) is 12.0 Å². The Kier molecular flexibility index (Phi) is 2.51. The predicted octanol–water partition coefficient (Wildman–Crippen LogP) is 2.95. The molecule has 76 valence electrons. The summed E-state index contributed by atoms with van der Waals surface area (Å²) in [4.78, 5) is 10.6. The number of nitrogens with zero attached hydrogens (tertiary/aromatic N) is 1. The van der Waals surface area contributed by atoms with Crippen LogP contribution in [-0.4, -0.2) is 11.4 Å². The molecule has 0 N–H and O–H groups in total. The molecular weight excluding hydrogens is 221 g/mol. The topological polar surface area (TPSA) is 43.1 Å². The van der Waals surface area contributed by atoms with Crippen molar-refractivity contribution in [2.75, 3.05) is 0 Å².